The van der Waals surface area contributed by atoms with Crippen LogP contribution in [-0.2, 0) is 0 Å². The molecule has 0 radical (unpaired) electrons. The fourth-order valence-electron chi connectivity index (χ4n) is 0.822. The minimum absolute atomic E-state index is 0.0888. The molecule has 0 aliphatic heterocycles. The second kappa shape index (κ2) is 3.33. The van der Waals surface area contributed by atoms with E-state index in [9.17, 15) is 23.3 Å². The van der Waals surface area contributed by atoms with Crippen molar-refractivity contribution in [3.63, 3.8) is 0 Å². The molecule has 0 aliphatic carbocycles. The molecule has 0 spiro atoms. The van der Waals surface area contributed by atoms with Gasteiger partial charge in [0.15, 0.2) is 11.6 Å². The zero-order chi connectivity index (χ0) is 10.9. The van der Waals surface area contributed by atoms with Crippen molar-refractivity contribution < 1.29 is 18.1 Å². The Morgan fingerprint density at radius 1 is 1.36 bits per heavy atom. The zero-order valence-corrected chi connectivity index (χ0v) is 6.42. The Labute approximate surface area is 75.3 Å². The van der Waals surface area contributed by atoms with Crippen LogP contribution < -0.4 is 0 Å². The van der Waals surface area contributed by atoms with Crippen molar-refractivity contribution in [3.8, 4) is 6.07 Å². The van der Waals surface area contributed by atoms with E-state index in [0.717, 1.165) is 6.07 Å². The van der Waals surface area contributed by atoms with E-state index < -0.39 is 33.6 Å². The van der Waals surface area contributed by atoms with Gasteiger partial charge in [0.25, 0.3) is 0 Å². The van der Waals surface area contributed by atoms with Gasteiger partial charge in [0.05, 0.1) is 11.0 Å². The fourth-order valence-corrected chi connectivity index (χ4v) is 0.822. The lowest BCUT2D eigenvalue weighted by molar-refractivity contribution is -0.387. The minimum Gasteiger partial charge on any atom is -0.258 e. The predicted molar refractivity (Wildman–Crippen MR) is 37.7 cm³/mol. The molecule has 0 saturated heterocycles. The molecule has 4 nitrogen and oxygen atoms in total. The highest BCUT2D eigenvalue weighted by molar-refractivity contribution is 5.44. The SMILES string of the molecule is N#Cc1c(F)c(F)cc([N+](=O)[O-])c1F. The van der Waals surface area contributed by atoms with Crippen LogP contribution >= 0.6 is 0 Å². The molecule has 0 amide bonds. The third kappa shape index (κ3) is 1.37. The number of nitro benzene ring substituents is 1. The van der Waals surface area contributed by atoms with Gasteiger partial charge in [-0.15, -0.1) is 0 Å². The Bertz CT molecular complexity index is 453. The number of halogens is 3. The molecular weight excluding hydrogens is 201 g/mol. The highest BCUT2D eigenvalue weighted by atomic mass is 19.2. The normalized spacial score (nSPS) is 9.57. The molecule has 1 aromatic carbocycles. The molecule has 0 atom stereocenters. The van der Waals surface area contributed by atoms with Gasteiger partial charge in [-0.25, -0.2) is 8.78 Å². The third-order valence-electron chi connectivity index (χ3n) is 1.45. The van der Waals surface area contributed by atoms with Crippen molar-refractivity contribution in [1.29, 1.82) is 5.26 Å². The summed E-state index contributed by atoms with van der Waals surface area (Å²) in [6, 6.07) is 1.09. The summed E-state index contributed by atoms with van der Waals surface area (Å²) in [5, 5.41) is 18.3. The summed E-state index contributed by atoms with van der Waals surface area (Å²) in [5.74, 6) is -5.03. The first-order valence-electron chi connectivity index (χ1n) is 3.21. The quantitative estimate of drug-likeness (QED) is 0.396. The smallest absolute Gasteiger partial charge is 0.258 e. The Morgan fingerprint density at radius 2 is 1.93 bits per heavy atom. The average molecular weight is 202 g/mol. The molecule has 1 rings (SSSR count). The van der Waals surface area contributed by atoms with Crippen LogP contribution in [0.3, 0.4) is 0 Å². The molecule has 0 N–H and O–H groups in total. The van der Waals surface area contributed by atoms with Gasteiger partial charge in [-0.2, -0.15) is 9.65 Å². The standard InChI is InChI=1S/C7HF3N2O2/c8-4-1-5(12(13)14)7(10)3(2-11)6(4)9/h1H. The summed E-state index contributed by atoms with van der Waals surface area (Å²) >= 11 is 0. The molecule has 0 saturated carbocycles. The molecule has 14 heavy (non-hydrogen) atoms. The first kappa shape index (κ1) is 9.98. The lowest BCUT2D eigenvalue weighted by Gasteiger charge is -1.98. The lowest BCUT2D eigenvalue weighted by Crippen LogP contribution is -2.01. The highest BCUT2D eigenvalue weighted by Crippen LogP contribution is 2.24. The molecular formula is C7HF3N2O2. The fraction of sp³-hybridized carbons (Fsp3) is 0. The minimum atomic E-state index is -1.73. The second-order valence-electron chi connectivity index (χ2n) is 2.25. The van der Waals surface area contributed by atoms with Crippen LogP contribution in [-0.4, -0.2) is 4.92 Å². The zero-order valence-electron chi connectivity index (χ0n) is 6.42. The summed E-state index contributed by atoms with van der Waals surface area (Å²) < 4.78 is 38.1. The van der Waals surface area contributed by atoms with Crippen molar-refractivity contribution >= 4 is 5.69 Å². The molecule has 0 aromatic heterocycles. The number of rotatable bonds is 1. The van der Waals surface area contributed by atoms with Crippen LogP contribution in [0.2, 0.25) is 0 Å². The third-order valence-corrected chi connectivity index (χ3v) is 1.45. The Balaban J connectivity index is 3.61. The molecule has 0 fully saturated rings. The van der Waals surface area contributed by atoms with Crippen molar-refractivity contribution in [1.82, 2.24) is 0 Å². The van der Waals surface area contributed by atoms with Crippen molar-refractivity contribution in [2.75, 3.05) is 0 Å². The summed E-state index contributed by atoms with van der Waals surface area (Å²) in [5.41, 5.74) is -2.56. The van der Waals surface area contributed by atoms with E-state index >= 15 is 0 Å². The molecule has 0 aliphatic rings. The largest absolute Gasteiger partial charge is 0.309 e. The van der Waals surface area contributed by atoms with Gasteiger partial charge in [-0.05, 0) is 0 Å². The van der Waals surface area contributed by atoms with E-state index in [2.05, 4.69) is 0 Å². The van der Waals surface area contributed by atoms with Gasteiger partial charge in [0.2, 0.25) is 5.82 Å². The van der Waals surface area contributed by atoms with Gasteiger partial charge in [0.1, 0.15) is 11.6 Å². The van der Waals surface area contributed by atoms with E-state index in [4.69, 9.17) is 5.26 Å². The Kier molecular flexibility index (Phi) is 2.38. The molecule has 72 valence electrons. The summed E-state index contributed by atoms with van der Waals surface area (Å²) in [4.78, 5) is 8.88. The Morgan fingerprint density at radius 3 is 2.36 bits per heavy atom. The number of nitrogens with zero attached hydrogens (tertiary/aromatic N) is 2. The predicted octanol–water partition coefficient (Wildman–Crippen LogP) is 1.88. The monoisotopic (exact) mass is 202 g/mol. The van der Waals surface area contributed by atoms with E-state index in [1.54, 1.807) is 0 Å². The van der Waals surface area contributed by atoms with Crippen molar-refractivity contribution in [2.45, 2.75) is 0 Å². The first-order valence-corrected chi connectivity index (χ1v) is 3.21. The van der Waals surface area contributed by atoms with E-state index in [1.165, 1.54) is 0 Å². The summed E-state index contributed by atoms with van der Waals surface area (Å²) in [6.07, 6.45) is 0. The maximum absolute atomic E-state index is 12.9. The maximum atomic E-state index is 12.9. The average Bonchev–Trinajstić information content (AvgIpc) is 2.12. The molecule has 1 aromatic rings. The van der Waals surface area contributed by atoms with E-state index in [-0.39, 0.29) is 6.07 Å². The number of nitriles is 1. The maximum Gasteiger partial charge on any atom is 0.309 e. The second-order valence-corrected chi connectivity index (χ2v) is 2.25. The number of nitro groups is 1. The van der Waals surface area contributed by atoms with E-state index in [0.29, 0.717) is 0 Å². The van der Waals surface area contributed by atoms with Crippen LogP contribution in [0.5, 0.6) is 0 Å². The molecule has 0 unspecified atom stereocenters. The van der Waals surface area contributed by atoms with Crippen LogP contribution in [0.4, 0.5) is 18.9 Å². The van der Waals surface area contributed by atoms with Crippen LogP contribution in [0.25, 0.3) is 0 Å². The van der Waals surface area contributed by atoms with Crippen LogP contribution in [0.1, 0.15) is 5.56 Å². The van der Waals surface area contributed by atoms with Crippen LogP contribution in [0.15, 0.2) is 6.07 Å². The lowest BCUT2D eigenvalue weighted by atomic mass is 10.2. The van der Waals surface area contributed by atoms with Gasteiger partial charge < -0.3 is 0 Å². The van der Waals surface area contributed by atoms with Gasteiger partial charge in [-0.1, -0.05) is 0 Å². The number of benzene rings is 1. The molecule has 7 heteroatoms. The van der Waals surface area contributed by atoms with E-state index in [1.807, 2.05) is 0 Å². The summed E-state index contributed by atoms with van der Waals surface area (Å²) in [6.45, 7) is 0. The number of hydrogen-bond donors (Lipinski definition) is 0. The topological polar surface area (TPSA) is 66.9 Å². The van der Waals surface area contributed by atoms with Gasteiger partial charge in [0, 0.05) is 0 Å². The van der Waals surface area contributed by atoms with Crippen molar-refractivity contribution in [2.24, 2.45) is 0 Å². The Hall–Kier alpha value is -2.10. The van der Waals surface area contributed by atoms with Crippen LogP contribution in [0, 0.1) is 38.9 Å². The van der Waals surface area contributed by atoms with Gasteiger partial charge in [-0.3, -0.25) is 10.1 Å². The molecule has 0 heterocycles. The highest BCUT2D eigenvalue weighted by Gasteiger charge is 2.25. The van der Waals surface area contributed by atoms with Gasteiger partial charge >= 0.3 is 5.69 Å². The first-order chi connectivity index (χ1) is 6.49. The summed E-state index contributed by atoms with van der Waals surface area (Å²) in [7, 11) is 0. The molecule has 0 bridgehead atoms. The number of hydrogen-bond acceptors (Lipinski definition) is 3. The van der Waals surface area contributed by atoms with Crippen molar-refractivity contribution in [3.05, 3.63) is 39.2 Å².